The monoisotopic (exact) mass is 609 g/mol. The van der Waals surface area contributed by atoms with Gasteiger partial charge >= 0.3 is 0 Å². The van der Waals surface area contributed by atoms with E-state index in [0.29, 0.717) is 34.6 Å². The van der Waals surface area contributed by atoms with Crippen LogP contribution in [0.4, 0.5) is 4.39 Å². The van der Waals surface area contributed by atoms with E-state index in [0.717, 1.165) is 28.0 Å². The maximum absolute atomic E-state index is 13.2. The van der Waals surface area contributed by atoms with Gasteiger partial charge in [-0.25, -0.2) is 14.6 Å². The van der Waals surface area contributed by atoms with Crippen molar-refractivity contribution in [2.45, 2.75) is 25.0 Å². The Bertz CT molecular complexity index is 1680. The molecule has 2 aromatic carbocycles. The Morgan fingerprint density at radius 1 is 1.13 bits per heavy atom. The quantitative estimate of drug-likeness (QED) is 0.274. The van der Waals surface area contributed by atoms with E-state index in [1.807, 2.05) is 28.8 Å². The standard InChI is InChI=1S/C27H22BrClFN7O2/c28-25-18(2-8-24(30)32-25)12-36-13-20(33-34-36)9-10-27(39)14-35(15-27)26(38)17-1-7-22-23(11-17)37(16-31-22)21-5-3-19(29)4-6-21/h1-8,11,13,16,39H,9-10,12,14-15H2. The largest absolute Gasteiger partial charge is 0.386 e. The molecule has 0 spiro atoms. The molecular weight excluding hydrogens is 589 g/mol. The minimum atomic E-state index is -0.988. The van der Waals surface area contributed by atoms with Crippen LogP contribution in [0.2, 0.25) is 5.02 Å². The molecule has 1 saturated heterocycles. The number of rotatable bonds is 7. The van der Waals surface area contributed by atoms with Gasteiger partial charge in [-0.2, -0.15) is 4.39 Å². The van der Waals surface area contributed by atoms with E-state index in [9.17, 15) is 14.3 Å². The minimum Gasteiger partial charge on any atom is -0.386 e. The highest BCUT2D eigenvalue weighted by Gasteiger charge is 2.43. The van der Waals surface area contributed by atoms with Gasteiger partial charge in [-0.15, -0.1) is 5.10 Å². The van der Waals surface area contributed by atoms with E-state index in [1.165, 1.54) is 6.07 Å². The van der Waals surface area contributed by atoms with Crippen molar-refractivity contribution >= 4 is 44.5 Å². The van der Waals surface area contributed by atoms with Crippen LogP contribution in [0.5, 0.6) is 0 Å². The number of aliphatic hydroxyl groups is 1. The van der Waals surface area contributed by atoms with Crippen LogP contribution in [0.3, 0.4) is 0 Å². The molecule has 9 nitrogen and oxygen atoms in total. The Kier molecular flexibility index (Phi) is 6.66. The number of carbonyl (C=O) groups excluding carboxylic acids is 1. The lowest BCUT2D eigenvalue weighted by atomic mass is 9.88. The van der Waals surface area contributed by atoms with E-state index < -0.39 is 11.5 Å². The van der Waals surface area contributed by atoms with Crippen molar-refractivity contribution in [3.63, 3.8) is 0 Å². The number of benzene rings is 2. The summed E-state index contributed by atoms with van der Waals surface area (Å²) >= 11 is 9.28. The second kappa shape index (κ2) is 10.1. The zero-order valence-corrected chi connectivity index (χ0v) is 22.8. The summed E-state index contributed by atoms with van der Waals surface area (Å²) in [4.78, 5) is 23.0. The average molecular weight is 611 g/mol. The first-order chi connectivity index (χ1) is 18.8. The first-order valence-corrected chi connectivity index (χ1v) is 13.4. The highest BCUT2D eigenvalue weighted by molar-refractivity contribution is 9.10. The third-order valence-electron chi connectivity index (χ3n) is 6.81. The highest BCUT2D eigenvalue weighted by Crippen LogP contribution is 2.29. The molecule has 1 aliphatic heterocycles. The van der Waals surface area contributed by atoms with Crippen LogP contribution in [-0.4, -0.2) is 64.1 Å². The topological polar surface area (TPSA) is 102 Å². The second-order valence-corrected chi connectivity index (χ2v) is 10.9. The molecule has 5 aromatic rings. The van der Waals surface area contributed by atoms with Gasteiger partial charge in [0.1, 0.15) is 16.5 Å². The van der Waals surface area contributed by atoms with Gasteiger partial charge in [0.15, 0.2) is 0 Å². The first kappa shape index (κ1) is 25.6. The van der Waals surface area contributed by atoms with Gasteiger partial charge in [0.25, 0.3) is 5.91 Å². The predicted molar refractivity (Wildman–Crippen MR) is 146 cm³/mol. The van der Waals surface area contributed by atoms with Crippen molar-refractivity contribution in [1.29, 1.82) is 0 Å². The number of aromatic nitrogens is 6. The maximum Gasteiger partial charge on any atom is 0.254 e. The summed E-state index contributed by atoms with van der Waals surface area (Å²) in [6.45, 7) is 0.861. The van der Waals surface area contributed by atoms with Crippen molar-refractivity contribution < 1.29 is 14.3 Å². The van der Waals surface area contributed by atoms with Gasteiger partial charge in [0.2, 0.25) is 5.95 Å². The number of nitrogens with zero attached hydrogens (tertiary/aromatic N) is 7. The fraction of sp³-hybridized carbons (Fsp3) is 0.222. The summed E-state index contributed by atoms with van der Waals surface area (Å²) in [5.74, 6) is -0.703. The number of halogens is 3. The summed E-state index contributed by atoms with van der Waals surface area (Å²) in [7, 11) is 0. The molecule has 0 radical (unpaired) electrons. The summed E-state index contributed by atoms with van der Waals surface area (Å²) in [5.41, 5.74) is 3.52. The summed E-state index contributed by atoms with van der Waals surface area (Å²) in [6.07, 6.45) is 4.46. The fourth-order valence-electron chi connectivity index (χ4n) is 4.72. The van der Waals surface area contributed by atoms with Gasteiger partial charge in [0, 0.05) is 28.0 Å². The number of amides is 1. The molecule has 1 aliphatic rings. The van der Waals surface area contributed by atoms with Crippen molar-refractivity contribution in [2.24, 2.45) is 0 Å². The molecular formula is C27H22BrClFN7O2. The molecule has 1 N–H and O–H groups in total. The van der Waals surface area contributed by atoms with E-state index in [2.05, 4.69) is 36.2 Å². The number of fused-ring (bicyclic) bond motifs is 1. The molecule has 1 fully saturated rings. The molecule has 0 atom stereocenters. The summed E-state index contributed by atoms with van der Waals surface area (Å²) in [5, 5.41) is 19.9. The van der Waals surface area contributed by atoms with E-state index in [4.69, 9.17) is 11.6 Å². The Morgan fingerprint density at radius 3 is 2.69 bits per heavy atom. The molecule has 198 valence electrons. The van der Waals surface area contributed by atoms with Crippen molar-refractivity contribution in [1.82, 2.24) is 34.4 Å². The molecule has 6 rings (SSSR count). The third kappa shape index (κ3) is 5.29. The first-order valence-electron chi connectivity index (χ1n) is 12.2. The Morgan fingerprint density at radius 2 is 1.92 bits per heavy atom. The molecule has 0 aliphatic carbocycles. The van der Waals surface area contributed by atoms with Crippen LogP contribution in [0.1, 0.15) is 28.0 Å². The number of aryl methyl sites for hydroxylation is 1. The van der Waals surface area contributed by atoms with E-state index in [-0.39, 0.29) is 19.0 Å². The van der Waals surface area contributed by atoms with E-state index >= 15 is 0 Å². The van der Waals surface area contributed by atoms with Crippen LogP contribution >= 0.6 is 27.5 Å². The molecule has 0 unspecified atom stereocenters. The minimum absolute atomic E-state index is 0.144. The predicted octanol–water partition coefficient (Wildman–Crippen LogP) is 4.44. The molecule has 0 bridgehead atoms. The van der Waals surface area contributed by atoms with E-state index in [1.54, 1.807) is 46.4 Å². The maximum atomic E-state index is 13.2. The molecule has 39 heavy (non-hydrogen) atoms. The Balaban J connectivity index is 1.07. The smallest absolute Gasteiger partial charge is 0.254 e. The van der Waals surface area contributed by atoms with Crippen LogP contribution in [-0.2, 0) is 13.0 Å². The lowest BCUT2D eigenvalue weighted by Gasteiger charge is -2.46. The number of pyridine rings is 1. The Hall–Kier alpha value is -3.67. The third-order valence-corrected chi connectivity index (χ3v) is 7.75. The fourth-order valence-corrected chi connectivity index (χ4v) is 5.27. The summed E-state index contributed by atoms with van der Waals surface area (Å²) < 4.78 is 17.2. The van der Waals surface area contributed by atoms with Crippen molar-refractivity contribution in [3.05, 3.63) is 99.5 Å². The highest BCUT2D eigenvalue weighted by atomic mass is 79.9. The van der Waals surface area contributed by atoms with Crippen LogP contribution in [0, 0.1) is 5.95 Å². The van der Waals surface area contributed by atoms with Gasteiger partial charge < -0.3 is 10.0 Å². The zero-order valence-electron chi connectivity index (χ0n) is 20.5. The van der Waals surface area contributed by atoms with Gasteiger partial charge in [-0.05, 0) is 83.4 Å². The van der Waals surface area contributed by atoms with Gasteiger partial charge in [0.05, 0.1) is 36.4 Å². The molecule has 0 saturated carbocycles. The van der Waals surface area contributed by atoms with Gasteiger partial charge in [-0.3, -0.25) is 9.36 Å². The normalized spacial score (nSPS) is 14.5. The van der Waals surface area contributed by atoms with Crippen LogP contribution in [0.25, 0.3) is 16.7 Å². The summed E-state index contributed by atoms with van der Waals surface area (Å²) in [6, 6.07) is 15.7. The molecule has 12 heteroatoms. The Labute approximate surface area is 236 Å². The number of hydrogen-bond donors (Lipinski definition) is 1. The average Bonchev–Trinajstić information content (AvgIpc) is 3.54. The number of imidazole rings is 1. The zero-order chi connectivity index (χ0) is 27.1. The van der Waals surface area contributed by atoms with Crippen LogP contribution < -0.4 is 0 Å². The number of likely N-dealkylation sites (tertiary alicyclic amines) is 1. The molecule has 4 heterocycles. The lowest BCUT2D eigenvalue weighted by Crippen LogP contribution is -2.63. The van der Waals surface area contributed by atoms with Crippen LogP contribution in [0.15, 0.2) is 71.7 Å². The van der Waals surface area contributed by atoms with Crippen molar-refractivity contribution in [2.75, 3.05) is 13.1 Å². The number of hydrogen-bond acceptors (Lipinski definition) is 6. The molecule has 3 aromatic heterocycles. The van der Waals surface area contributed by atoms with Gasteiger partial charge in [-0.1, -0.05) is 16.8 Å². The van der Waals surface area contributed by atoms with Crippen molar-refractivity contribution in [3.8, 4) is 5.69 Å². The molecule has 1 amide bonds. The lowest BCUT2D eigenvalue weighted by molar-refractivity contribution is -0.0855. The number of β-amino-alcohol motifs (C(OH)–C–C–N with tert-alkyl or cyclic N) is 1. The SMILES string of the molecule is O=C(c1ccc2ncn(-c3ccc(Cl)cc3)c2c1)N1CC(O)(CCc2cn(Cc3ccc(F)nc3Br)nn2)C1. The number of carbonyl (C=O) groups is 1. The second-order valence-electron chi connectivity index (χ2n) is 9.67.